The average Bonchev–Trinajstić information content (AvgIpc) is 3.50. The Morgan fingerprint density at radius 3 is 2.70 bits per heavy atom. The van der Waals surface area contributed by atoms with E-state index in [1.54, 1.807) is 22.5 Å². The van der Waals surface area contributed by atoms with E-state index in [0.29, 0.717) is 37.5 Å². The summed E-state index contributed by atoms with van der Waals surface area (Å²) >= 11 is 1.31. The van der Waals surface area contributed by atoms with Crippen molar-refractivity contribution in [2.45, 2.75) is 38.3 Å². The number of ether oxygens (including phenoxy) is 1. The maximum atomic E-state index is 13.3. The number of thiazole rings is 1. The number of nitrogens with one attached hydrogen (secondary N) is 1. The number of anilines is 1. The molecule has 2 saturated heterocycles. The third kappa shape index (κ3) is 5.29. The Bertz CT molecular complexity index is 1000. The number of likely N-dealkylation sites (tertiary alicyclic amines) is 2. The number of benzene rings is 1. The van der Waals surface area contributed by atoms with Crippen LogP contribution < -0.4 is 10.1 Å². The first-order valence-electron chi connectivity index (χ1n) is 10.8. The zero-order valence-corrected chi connectivity index (χ0v) is 18.6. The molecular weight excluding hydrogens is 454 g/mol. The van der Waals surface area contributed by atoms with Gasteiger partial charge < -0.3 is 19.9 Å². The summed E-state index contributed by atoms with van der Waals surface area (Å²) in [7, 11) is 0. The fourth-order valence-corrected chi connectivity index (χ4v) is 4.92. The van der Waals surface area contributed by atoms with Gasteiger partial charge in [0, 0.05) is 31.2 Å². The first-order valence-corrected chi connectivity index (χ1v) is 11.7. The Balaban J connectivity index is 1.43. The van der Waals surface area contributed by atoms with Crippen LogP contribution in [-0.4, -0.2) is 64.8 Å². The second kappa shape index (κ2) is 10.2. The predicted molar refractivity (Wildman–Crippen MR) is 117 cm³/mol. The predicted octanol–water partition coefficient (Wildman–Crippen LogP) is 3.23. The molecule has 1 aromatic carbocycles. The number of para-hydroxylation sites is 1. The Morgan fingerprint density at radius 2 is 1.94 bits per heavy atom. The van der Waals surface area contributed by atoms with Crippen LogP contribution >= 0.6 is 11.3 Å². The monoisotopic (exact) mass is 478 g/mol. The summed E-state index contributed by atoms with van der Waals surface area (Å²) in [5.74, 6) is -1.54. The standard InChI is InChI=1S/C22H24F2N4O4S/c23-21(24)32-17-8-2-1-6-15(17)20(31)27-10-3-5-14(13-27)19(30)28-11-4-7-16(28)18(29)26-22-25-9-12-33-22/h1-2,6,8-9,12,14,16,21H,3-5,7,10-11,13H2,(H,25,26,29). The van der Waals surface area contributed by atoms with Gasteiger partial charge in [-0.05, 0) is 37.8 Å². The number of carbonyl (C=O) groups excluding carboxylic acids is 3. The van der Waals surface area contributed by atoms with E-state index in [9.17, 15) is 23.2 Å². The van der Waals surface area contributed by atoms with E-state index in [0.717, 1.165) is 6.42 Å². The molecule has 0 spiro atoms. The molecule has 2 aromatic rings. The smallest absolute Gasteiger partial charge is 0.387 e. The summed E-state index contributed by atoms with van der Waals surface area (Å²) in [5.41, 5.74) is 0.0350. The normalized spacial score (nSPS) is 20.7. The summed E-state index contributed by atoms with van der Waals surface area (Å²) in [6.07, 6.45) is 4.07. The second-order valence-corrected chi connectivity index (χ2v) is 8.88. The average molecular weight is 479 g/mol. The van der Waals surface area contributed by atoms with Gasteiger partial charge in [0.1, 0.15) is 11.8 Å². The molecule has 0 radical (unpaired) electrons. The Kier molecular flexibility index (Phi) is 7.17. The van der Waals surface area contributed by atoms with Gasteiger partial charge in [0.15, 0.2) is 5.13 Å². The molecule has 176 valence electrons. The van der Waals surface area contributed by atoms with Crippen LogP contribution in [0.1, 0.15) is 36.0 Å². The van der Waals surface area contributed by atoms with Gasteiger partial charge in [0.05, 0.1) is 11.5 Å². The van der Waals surface area contributed by atoms with Crippen LogP contribution in [0.5, 0.6) is 5.75 Å². The fraction of sp³-hybridized carbons (Fsp3) is 0.455. The molecule has 0 aliphatic carbocycles. The number of hydrogen-bond acceptors (Lipinski definition) is 6. The lowest BCUT2D eigenvalue weighted by Crippen LogP contribution is -2.50. The highest BCUT2D eigenvalue weighted by molar-refractivity contribution is 7.13. The van der Waals surface area contributed by atoms with Crippen molar-refractivity contribution in [2.75, 3.05) is 25.0 Å². The number of aromatic nitrogens is 1. The van der Waals surface area contributed by atoms with Gasteiger partial charge in [-0.25, -0.2) is 4.98 Å². The van der Waals surface area contributed by atoms with Crippen molar-refractivity contribution < 1.29 is 27.9 Å². The summed E-state index contributed by atoms with van der Waals surface area (Å²) in [6, 6.07) is 5.27. The zero-order valence-electron chi connectivity index (χ0n) is 17.8. The lowest BCUT2D eigenvalue weighted by molar-refractivity contribution is -0.141. The number of alkyl halides is 2. The van der Waals surface area contributed by atoms with Crippen molar-refractivity contribution >= 4 is 34.2 Å². The summed E-state index contributed by atoms with van der Waals surface area (Å²) in [5, 5.41) is 5.00. The van der Waals surface area contributed by atoms with Crippen LogP contribution in [0.2, 0.25) is 0 Å². The van der Waals surface area contributed by atoms with E-state index in [2.05, 4.69) is 15.0 Å². The number of nitrogens with zero attached hydrogens (tertiary/aromatic N) is 3. The van der Waals surface area contributed by atoms with Gasteiger partial charge in [-0.3, -0.25) is 14.4 Å². The van der Waals surface area contributed by atoms with Crippen LogP contribution in [0.3, 0.4) is 0 Å². The molecule has 0 bridgehead atoms. The molecule has 1 N–H and O–H groups in total. The van der Waals surface area contributed by atoms with Crippen molar-refractivity contribution in [1.82, 2.24) is 14.8 Å². The van der Waals surface area contributed by atoms with Crippen molar-refractivity contribution in [3.63, 3.8) is 0 Å². The van der Waals surface area contributed by atoms with Crippen LogP contribution in [-0.2, 0) is 9.59 Å². The number of hydrogen-bond donors (Lipinski definition) is 1. The van der Waals surface area contributed by atoms with Gasteiger partial charge in [-0.1, -0.05) is 12.1 Å². The van der Waals surface area contributed by atoms with E-state index in [-0.39, 0.29) is 29.7 Å². The third-order valence-corrected chi connectivity index (χ3v) is 6.58. The maximum absolute atomic E-state index is 13.3. The lowest BCUT2D eigenvalue weighted by Gasteiger charge is -2.35. The minimum Gasteiger partial charge on any atom is -0.434 e. The first kappa shape index (κ1) is 23.1. The molecule has 3 heterocycles. The Labute approximate surface area is 193 Å². The molecule has 2 aliphatic heterocycles. The highest BCUT2D eigenvalue weighted by atomic mass is 32.1. The van der Waals surface area contributed by atoms with Crippen LogP contribution in [0, 0.1) is 5.92 Å². The number of rotatable bonds is 6. The van der Waals surface area contributed by atoms with Crippen molar-refractivity contribution in [3.8, 4) is 5.75 Å². The van der Waals surface area contributed by atoms with Gasteiger partial charge in [0.2, 0.25) is 11.8 Å². The molecule has 8 nitrogen and oxygen atoms in total. The minimum atomic E-state index is -3.04. The highest BCUT2D eigenvalue weighted by Gasteiger charge is 2.39. The van der Waals surface area contributed by atoms with Crippen molar-refractivity contribution in [1.29, 1.82) is 0 Å². The molecular formula is C22H24F2N4O4S. The lowest BCUT2D eigenvalue weighted by atomic mass is 9.95. The van der Waals surface area contributed by atoms with E-state index in [1.165, 1.54) is 34.4 Å². The number of carbonyl (C=O) groups is 3. The van der Waals surface area contributed by atoms with Crippen molar-refractivity contribution in [2.24, 2.45) is 5.92 Å². The molecule has 11 heteroatoms. The molecule has 2 atom stereocenters. The summed E-state index contributed by atoms with van der Waals surface area (Å²) < 4.78 is 30.0. The SMILES string of the molecule is O=C(Nc1nccs1)C1CCCN1C(=O)C1CCCN(C(=O)c2ccccc2OC(F)F)C1. The number of amides is 3. The van der Waals surface area contributed by atoms with E-state index >= 15 is 0 Å². The van der Waals surface area contributed by atoms with Crippen LogP contribution in [0.25, 0.3) is 0 Å². The van der Waals surface area contributed by atoms with E-state index in [4.69, 9.17) is 0 Å². The number of piperidine rings is 1. The van der Waals surface area contributed by atoms with Gasteiger partial charge >= 0.3 is 6.61 Å². The molecule has 33 heavy (non-hydrogen) atoms. The first-order chi connectivity index (χ1) is 15.9. The largest absolute Gasteiger partial charge is 0.434 e. The van der Waals surface area contributed by atoms with Crippen LogP contribution in [0.4, 0.5) is 13.9 Å². The van der Waals surface area contributed by atoms with E-state index in [1.807, 2.05) is 0 Å². The van der Waals surface area contributed by atoms with E-state index < -0.39 is 24.5 Å². The number of halogens is 2. The summed E-state index contributed by atoms with van der Waals surface area (Å²) in [6.45, 7) is -1.99. The van der Waals surface area contributed by atoms with Gasteiger partial charge in [-0.15, -0.1) is 11.3 Å². The maximum Gasteiger partial charge on any atom is 0.387 e. The molecule has 0 saturated carbocycles. The van der Waals surface area contributed by atoms with Crippen molar-refractivity contribution in [3.05, 3.63) is 41.4 Å². The van der Waals surface area contributed by atoms with Gasteiger partial charge in [-0.2, -0.15) is 8.78 Å². The van der Waals surface area contributed by atoms with Gasteiger partial charge in [0.25, 0.3) is 5.91 Å². The Hall–Kier alpha value is -3.08. The molecule has 2 fully saturated rings. The minimum absolute atomic E-state index is 0.0350. The Morgan fingerprint density at radius 1 is 1.15 bits per heavy atom. The summed E-state index contributed by atoms with van der Waals surface area (Å²) in [4.78, 5) is 46.2. The topological polar surface area (TPSA) is 91.8 Å². The highest BCUT2D eigenvalue weighted by Crippen LogP contribution is 2.28. The van der Waals surface area contributed by atoms with Crippen LogP contribution in [0.15, 0.2) is 35.8 Å². The molecule has 2 aliphatic rings. The molecule has 4 rings (SSSR count). The third-order valence-electron chi connectivity index (χ3n) is 5.89. The zero-order chi connectivity index (χ0) is 23.4. The second-order valence-electron chi connectivity index (χ2n) is 7.98. The molecule has 1 aromatic heterocycles. The quantitative estimate of drug-likeness (QED) is 0.688. The fourth-order valence-electron chi connectivity index (χ4n) is 4.39. The molecule has 2 unspecified atom stereocenters. The molecule has 3 amide bonds.